The first-order valence-corrected chi connectivity index (χ1v) is 6.60. The Hall–Kier alpha value is -1.61. The summed E-state index contributed by atoms with van der Waals surface area (Å²) in [7, 11) is 0. The summed E-state index contributed by atoms with van der Waals surface area (Å²) in [4.78, 5) is 6.74. The van der Waals surface area contributed by atoms with Gasteiger partial charge in [-0.05, 0) is 43.1 Å². The van der Waals surface area contributed by atoms with E-state index in [1.165, 1.54) is 24.8 Å². The fourth-order valence-corrected chi connectivity index (χ4v) is 2.73. The maximum Gasteiger partial charge on any atom is 0.117 e. The molecule has 3 heteroatoms. The van der Waals surface area contributed by atoms with E-state index in [4.69, 9.17) is 4.42 Å². The lowest BCUT2D eigenvalue weighted by atomic mass is 9.96. The van der Waals surface area contributed by atoms with E-state index in [1.807, 2.05) is 24.5 Å². The molecular formula is C15H18N2O. The van der Waals surface area contributed by atoms with Gasteiger partial charge in [0.05, 0.1) is 12.8 Å². The first-order valence-electron chi connectivity index (χ1n) is 6.60. The zero-order chi connectivity index (χ0) is 12.2. The van der Waals surface area contributed by atoms with Gasteiger partial charge in [0, 0.05) is 18.4 Å². The van der Waals surface area contributed by atoms with Crippen LogP contribution >= 0.6 is 0 Å². The van der Waals surface area contributed by atoms with E-state index in [1.54, 1.807) is 6.26 Å². The molecule has 3 rings (SSSR count). The normalized spacial score (nSPS) is 21.0. The summed E-state index contributed by atoms with van der Waals surface area (Å²) in [5, 5.41) is 0. The number of hydrogen-bond acceptors (Lipinski definition) is 3. The topological polar surface area (TPSA) is 29.3 Å². The fraction of sp³-hybridized carbons (Fsp3) is 0.400. The first kappa shape index (κ1) is 11.5. The van der Waals surface area contributed by atoms with E-state index < -0.39 is 0 Å². The van der Waals surface area contributed by atoms with Crippen molar-refractivity contribution in [1.29, 1.82) is 0 Å². The average molecular weight is 242 g/mol. The van der Waals surface area contributed by atoms with Crippen LogP contribution in [0.25, 0.3) is 0 Å². The molecule has 0 bridgehead atoms. The van der Waals surface area contributed by atoms with E-state index in [0.717, 1.165) is 18.8 Å². The minimum absolute atomic E-state index is 0.484. The van der Waals surface area contributed by atoms with Crippen LogP contribution in [0.1, 0.15) is 36.6 Å². The predicted molar refractivity (Wildman–Crippen MR) is 69.9 cm³/mol. The lowest BCUT2D eigenvalue weighted by Crippen LogP contribution is -2.32. The maximum absolute atomic E-state index is 5.46. The summed E-state index contributed by atoms with van der Waals surface area (Å²) in [6.45, 7) is 2.03. The highest BCUT2D eigenvalue weighted by Crippen LogP contribution is 2.31. The van der Waals surface area contributed by atoms with Gasteiger partial charge in [-0.25, -0.2) is 0 Å². The predicted octanol–water partition coefficient (Wildman–Crippen LogP) is 3.40. The Bertz CT molecular complexity index is 467. The third-order valence-electron chi connectivity index (χ3n) is 3.62. The van der Waals surface area contributed by atoms with Gasteiger partial charge in [-0.3, -0.25) is 9.88 Å². The van der Waals surface area contributed by atoms with Crippen LogP contribution in [0, 0.1) is 0 Å². The average Bonchev–Trinajstić information content (AvgIpc) is 2.93. The molecule has 1 saturated heterocycles. The molecule has 2 aromatic rings. The smallest absolute Gasteiger partial charge is 0.117 e. The van der Waals surface area contributed by atoms with Crippen LogP contribution in [0.4, 0.5) is 0 Å². The summed E-state index contributed by atoms with van der Waals surface area (Å²) in [5.74, 6) is 1.05. The number of aromatic nitrogens is 1. The van der Waals surface area contributed by atoms with Crippen LogP contribution in [0.5, 0.6) is 0 Å². The van der Waals surface area contributed by atoms with Crippen molar-refractivity contribution in [2.45, 2.75) is 31.8 Å². The second kappa shape index (κ2) is 5.36. The lowest BCUT2D eigenvalue weighted by molar-refractivity contribution is 0.130. The van der Waals surface area contributed by atoms with E-state index in [-0.39, 0.29) is 0 Å². The molecule has 18 heavy (non-hydrogen) atoms. The van der Waals surface area contributed by atoms with Gasteiger partial charge in [0.25, 0.3) is 0 Å². The van der Waals surface area contributed by atoms with Crippen LogP contribution in [0.15, 0.2) is 47.3 Å². The maximum atomic E-state index is 5.46. The molecule has 94 valence electrons. The van der Waals surface area contributed by atoms with Crippen LogP contribution in [-0.2, 0) is 6.54 Å². The highest BCUT2D eigenvalue weighted by Gasteiger charge is 2.24. The molecule has 1 aliphatic heterocycles. The van der Waals surface area contributed by atoms with Crippen molar-refractivity contribution in [3.05, 3.63) is 54.2 Å². The fourth-order valence-electron chi connectivity index (χ4n) is 2.73. The Balaban J connectivity index is 1.78. The van der Waals surface area contributed by atoms with Crippen LogP contribution < -0.4 is 0 Å². The van der Waals surface area contributed by atoms with Crippen molar-refractivity contribution in [2.75, 3.05) is 6.54 Å². The van der Waals surface area contributed by atoms with Crippen LogP contribution in [0.3, 0.4) is 0 Å². The Morgan fingerprint density at radius 1 is 1.28 bits per heavy atom. The summed E-state index contributed by atoms with van der Waals surface area (Å²) < 4.78 is 5.46. The Morgan fingerprint density at radius 3 is 3.06 bits per heavy atom. The van der Waals surface area contributed by atoms with Gasteiger partial charge in [-0.1, -0.05) is 12.5 Å². The molecule has 0 saturated carbocycles. The third-order valence-corrected chi connectivity index (χ3v) is 3.62. The monoisotopic (exact) mass is 242 g/mol. The Kier molecular flexibility index (Phi) is 3.42. The zero-order valence-corrected chi connectivity index (χ0v) is 10.5. The van der Waals surface area contributed by atoms with Crippen LogP contribution in [-0.4, -0.2) is 16.4 Å². The van der Waals surface area contributed by atoms with Gasteiger partial charge in [-0.15, -0.1) is 0 Å². The Morgan fingerprint density at radius 2 is 2.28 bits per heavy atom. The van der Waals surface area contributed by atoms with Crippen molar-refractivity contribution in [3.8, 4) is 0 Å². The third kappa shape index (κ3) is 2.46. The second-order valence-electron chi connectivity index (χ2n) is 4.85. The summed E-state index contributed by atoms with van der Waals surface area (Å²) >= 11 is 0. The van der Waals surface area contributed by atoms with Crippen molar-refractivity contribution >= 4 is 0 Å². The Labute approximate surface area is 107 Å². The highest BCUT2D eigenvalue weighted by atomic mass is 16.3. The molecule has 0 unspecified atom stereocenters. The highest BCUT2D eigenvalue weighted by molar-refractivity contribution is 5.15. The largest absolute Gasteiger partial charge is 0.468 e. The molecule has 1 fully saturated rings. The molecule has 0 aliphatic carbocycles. The van der Waals surface area contributed by atoms with Gasteiger partial charge in [0.1, 0.15) is 5.76 Å². The quantitative estimate of drug-likeness (QED) is 0.826. The minimum Gasteiger partial charge on any atom is -0.468 e. The number of likely N-dealkylation sites (tertiary alicyclic amines) is 1. The molecule has 0 aromatic carbocycles. The molecule has 0 N–H and O–H groups in total. The number of pyridine rings is 1. The number of rotatable bonds is 3. The van der Waals surface area contributed by atoms with Gasteiger partial charge >= 0.3 is 0 Å². The van der Waals surface area contributed by atoms with Crippen molar-refractivity contribution < 1.29 is 4.42 Å². The van der Waals surface area contributed by atoms with Gasteiger partial charge in [0.15, 0.2) is 0 Å². The number of piperidine rings is 1. The first-order chi connectivity index (χ1) is 8.93. The molecule has 0 amide bonds. The van der Waals surface area contributed by atoms with Crippen molar-refractivity contribution in [3.63, 3.8) is 0 Å². The molecule has 3 heterocycles. The zero-order valence-electron chi connectivity index (χ0n) is 10.5. The van der Waals surface area contributed by atoms with Gasteiger partial charge in [-0.2, -0.15) is 0 Å². The SMILES string of the molecule is c1cncc([C@H]2CCCCN2Cc2ccco2)c1. The number of hydrogen-bond donors (Lipinski definition) is 0. The molecular weight excluding hydrogens is 224 g/mol. The van der Waals surface area contributed by atoms with E-state index in [9.17, 15) is 0 Å². The van der Waals surface area contributed by atoms with Crippen molar-refractivity contribution in [1.82, 2.24) is 9.88 Å². The molecule has 1 atom stereocenters. The van der Waals surface area contributed by atoms with Gasteiger partial charge in [0.2, 0.25) is 0 Å². The lowest BCUT2D eigenvalue weighted by Gasteiger charge is -2.35. The molecule has 3 nitrogen and oxygen atoms in total. The van der Waals surface area contributed by atoms with E-state index in [0.29, 0.717) is 6.04 Å². The van der Waals surface area contributed by atoms with Crippen LogP contribution in [0.2, 0.25) is 0 Å². The number of furan rings is 1. The van der Waals surface area contributed by atoms with Gasteiger partial charge < -0.3 is 4.42 Å². The standard InChI is InChI=1S/C15H18N2O/c1-2-9-17(12-14-6-4-10-18-14)15(7-1)13-5-3-8-16-11-13/h3-6,8,10-11,15H,1-2,7,9,12H2/t15-/m1/s1. The number of nitrogens with zero attached hydrogens (tertiary/aromatic N) is 2. The van der Waals surface area contributed by atoms with Crippen molar-refractivity contribution in [2.24, 2.45) is 0 Å². The summed E-state index contributed by atoms with van der Waals surface area (Å²) in [5.41, 5.74) is 1.32. The van der Waals surface area contributed by atoms with E-state index >= 15 is 0 Å². The molecule has 1 aliphatic rings. The summed E-state index contributed by atoms with van der Waals surface area (Å²) in [6, 6.07) is 8.69. The molecule has 0 spiro atoms. The molecule has 0 radical (unpaired) electrons. The minimum atomic E-state index is 0.484. The summed E-state index contributed by atoms with van der Waals surface area (Å²) in [6.07, 6.45) is 9.37. The second-order valence-corrected chi connectivity index (χ2v) is 4.85. The van der Waals surface area contributed by atoms with E-state index in [2.05, 4.69) is 22.0 Å². The molecule has 2 aromatic heterocycles.